The maximum Gasteiger partial charge on any atom is 0.208 e. The van der Waals surface area contributed by atoms with Gasteiger partial charge in [0, 0.05) is 28.9 Å². The Morgan fingerprint density at radius 1 is 1.31 bits per heavy atom. The van der Waals surface area contributed by atoms with Crippen LogP contribution in [0.25, 0.3) is 0 Å². The van der Waals surface area contributed by atoms with Crippen LogP contribution < -0.4 is 5.32 Å². The molecule has 3 aromatic rings. The number of pyridine rings is 1. The number of ketones is 1. The van der Waals surface area contributed by atoms with Gasteiger partial charge in [-0.05, 0) is 49.8 Å². The van der Waals surface area contributed by atoms with E-state index in [0.717, 1.165) is 29.0 Å². The SMILES string of the molecule is Cc1sc(C(=O)c2cncnc2N[C@@H]2C[C@@H](C)[C@H](O)C2)cc1[C@@H]1OCCc2cccnc21. The molecule has 2 N–H and O–H groups in total. The minimum atomic E-state index is -0.331. The van der Waals surface area contributed by atoms with Gasteiger partial charge in [-0.25, -0.2) is 9.97 Å². The average molecular weight is 451 g/mol. The molecule has 2 aliphatic rings. The summed E-state index contributed by atoms with van der Waals surface area (Å²) in [6.07, 6.45) is 6.53. The number of hydrogen-bond donors (Lipinski definition) is 2. The Kier molecular flexibility index (Phi) is 5.75. The van der Waals surface area contributed by atoms with E-state index < -0.39 is 0 Å². The van der Waals surface area contributed by atoms with E-state index in [1.807, 2.05) is 26.0 Å². The zero-order valence-corrected chi connectivity index (χ0v) is 18.9. The van der Waals surface area contributed by atoms with Gasteiger partial charge in [-0.3, -0.25) is 9.78 Å². The highest BCUT2D eigenvalue weighted by Crippen LogP contribution is 2.37. The van der Waals surface area contributed by atoms with Crippen molar-refractivity contribution in [1.29, 1.82) is 0 Å². The summed E-state index contributed by atoms with van der Waals surface area (Å²) in [6.45, 7) is 4.68. The van der Waals surface area contributed by atoms with Crippen LogP contribution in [-0.4, -0.2) is 44.6 Å². The van der Waals surface area contributed by atoms with Crippen LogP contribution in [0.3, 0.4) is 0 Å². The molecule has 0 saturated heterocycles. The summed E-state index contributed by atoms with van der Waals surface area (Å²) in [4.78, 5) is 28.1. The summed E-state index contributed by atoms with van der Waals surface area (Å²) >= 11 is 1.46. The summed E-state index contributed by atoms with van der Waals surface area (Å²) < 4.78 is 6.07. The standard InChI is InChI=1S/C24H26N4O3S/c1-13-8-16(9-19(13)29)28-24-18(11-25-12-27-24)22(30)20-10-17(14(2)32-20)23-21-15(5-7-31-23)4-3-6-26-21/h3-4,6,10-13,16,19,23,29H,5,7-9H2,1-2H3,(H,25,27,28)/t13-,16-,19-,23+/m1/s1. The molecule has 8 heteroatoms. The van der Waals surface area contributed by atoms with Crippen molar-refractivity contribution in [1.82, 2.24) is 15.0 Å². The van der Waals surface area contributed by atoms with Crippen molar-refractivity contribution < 1.29 is 14.6 Å². The molecule has 0 spiro atoms. The van der Waals surface area contributed by atoms with Gasteiger partial charge >= 0.3 is 0 Å². The molecule has 0 radical (unpaired) electrons. The van der Waals surface area contributed by atoms with Gasteiger partial charge in [-0.1, -0.05) is 13.0 Å². The zero-order valence-electron chi connectivity index (χ0n) is 18.1. The fourth-order valence-corrected chi connectivity index (χ4v) is 5.65. The molecule has 0 aromatic carbocycles. The van der Waals surface area contributed by atoms with Crippen molar-refractivity contribution in [3.05, 3.63) is 69.1 Å². The highest BCUT2D eigenvalue weighted by atomic mass is 32.1. The number of anilines is 1. The Morgan fingerprint density at radius 3 is 3.00 bits per heavy atom. The minimum absolute atomic E-state index is 0.0836. The predicted molar refractivity (Wildman–Crippen MR) is 122 cm³/mol. The van der Waals surface area contributed by atoms with E-state index in [2.05, 4.69) is 26.3 Å². The Bertz CT molecular complexity index is 1140. The van der Waals surface area contributed by atoms with Crippen molar-refractivity contribution >= 4 is 22.9 Å². The van der Waals surface area contributed by atoms with Crippen LogP contribution in [0.1, 0.15) is 62.8 Å². The number of thiophene rings is 1. The highest BCUT2D eigenvalue weighted by molar-refractivity contribution is 7.14. The number of carbonyl (C=O) groups is 1. The lowest BCUT2D eigenvalue weighted by molar-refractivity contribution is 0.0663. The first-order chi connectivity index (χ1) is 15.5. The number of nitrogens with zero attached hydrogens (tertiary/aromatic N) is 3. The van der Waals surface area contributed by atoms with E-state index in [4.69, 9.17) is 4.74 Å². The fraction of sp³-hybridized carbons (Fsp3) is 0.417. The molecule has 4 heterocycles. The first-order valence-corrected chi connectivity index (χ1v) is 11.8. The van der Waals surface area contributed by atoms with Crippen LogP contribution >= 0.6 is 11.3 Å². The van der Waals surface area contributed by atoms with Crippen LogP contribution in [0.2, 0.25) is 0 Å². The van der Waals surface area contributed by atoms with Crippen LogP contribution in [0.15, 0.2) is 36.9 Å². The van der Waals surface area contributed by atoms with Gasteiger partial charge in [0.2, 0.25) is 5.78 Å². The van der Waals surface area contributed by atoms with Crippen LogP contribution in [0.5, 0.6) is 0 Å². The normalized spacial score (nSPS) is 24.8. The molecular formula is C24H26N4O3S. The number of nitrogens with one attached hydrogen (secondary N) is 1. The first-order valence-electron chi connectivity index (χ1n) is 11.0. The van der Waals surface area contributed by atoms with E-state index in [-0.39, 0.29) is 30.0 Å². The van der Waals surface area contributed by atoms with Gasteiger partial charge < -0.3 is 15.2 Å². The Morgan fingerprint density at radius 2 is 2.19 bits per heavy atom. The molecule has 1 fully saturated rings. The van der Waals surface area contributed by atoms with Crippen molar-refractivity contribution in [3.63, 3.8) is 0 Å². The maximum atomic E-state index is 13.4. The molecule has 3 aromatic heterocycles. The summed E-state index contributed by atoms with van der Waals surface area (Å²) in [5.74, 6) is 0.629. The van der Waals surface area contributed by atoms with Crippen LogP contribution in [-0.2, 0) is 11.2 Å². The minimum Gasteiger partial charge on any atom is -0.393 e. The van der Waals surface area contributed by atoms with Crippen molar-refractivity contribution in [2.24, 2.45) is 5.92 Å². The molecule has 5 rings (SSSR count). The molecule has 7 nitrogen and oxygen atoms in total. The largest absolute Gasteiger partial charge is 0.393 e. The third-order valence-corrected chi connectivity index (χ3v) is 7.49. The average Bonchev–Trinajstić information content (AvgIpc) is 3.34. The number of rotatable bonds is 5. The third-order valence-electron chi connectivity index (χ3n) is 6.43. The van der Waals surface area contributed by atoms with E-state index >= 15 is 0 Å². The number of aliphatic hydroxyl groups excluding tert-OH is 1. The number of carbonyl (C=O) groups excluding carboxylic acids is 1. The van der Waals surface area contributed by atoms with Gasteiger partial charge in [-0.15, -0.1) is 11.3 Å². The Labute approximate surface area is 190 Å². The molecule has 0 bridgehead atoms. The second kappa shape index (κ2) is 8.69. The number of aryl methyl sites for hydroxylation is 1. The van der Waals surface area contributed by atoms with Gasteiger partial charge in [0.05, 0.1) is 28.8 Å². The lowest BCUT2D eigenvalue weighted by Gasteiger charge is -2.25. The van der Waals surface area contributed by atoms with Crippen molar-refractivity contribution in [3.8, 4) is 0 Å². The topological polar surface area (TPSA) is 97.2 Å². The van der Waals surface area contributed by atoms with E-state index in [1.165, 1.54) is 23.2 Å². The van der Waals surface area contributed by atoms with Crippen molar-refractivity contribution in [2.45, 2.75) is 51.4 Å². The molecule has 166 valence electrons. The molecule has 4 atom stereocenters. The number of hydrogen-bond acceptors (Lipinski definition) is 8. The molecule has 32 heavy (non-hydrogen) atoms. The number of fused-ring (bicyclic) bond motifs is 1. The molecule has 1 aliphatic carbocycles. The highest BCUT2D eigenvalue weighted by Gasteiger charge is 2.32. The summed E-state index contributed by atoms with van der Waals surface area (Å²) in [5, 5.41) is 13.4. The second-order valence-corrected chi connectivity index (χ2v) is 9.90. The van der Waals surface area contributed by atoms with E-state index in [1.54, 1.807) is 12.4 Å². The van der Waals surface area contributed by atoms with E-state index in [9.17, 15) is 9.90 Å². The van der Waals surface area contributed by atoms with Crippen molar-refractivity contribution in [2.75, 3.05) is 11.9 Å². The number of aliphatic hydroxyl groups is 1. The van der Waals surface area contributed by atoms with Gasteiger partial charge in [0.15, 0.2) is 0 Å². The first kappa shape index (κ1) is 21.2. The second-order valence-electron chi connectivity index (χ2n) is 8.64. The molecule has 0 unspecified atom stereocenters. The van der Waals surface area contributed by atoms with Gasteiger partial charge in [0.1, 0.15) is 18.2 Å². The Balaban J connectivity index is 1.42. The van der Waals surface area contributed by atoms with Gasteiger partial charge in [-0.2, -0.15) is 0 Å². The maximum absolute atomic E-state index is 13.4. The zero-order chi connectivity index (χ0) is 22.2. The van der Waals surface area contributed by atoms with Crippen LogP contribution in [0.4, 0.5) is 5.82 Å². The van der Waals surface area contributed by atoms with Crippen LogP contribution in [0, 0.1) is 12.8 Å². The number of ether oxygens (including phenoxy) is 1. The third kappa shape index (κ3) is 3.94. The smallest absolute Gasteiger partial charge is 0.208 e. The summed E-state index contributed by atoms with van der Waals surface area (Å²) in [6, 6.07) is 6.05. The Hall–Kier alpha value is -2.68. The summed E-state index contributed by atoms with van der Waals surface area (Å²) in [5.41, 5.74) is 3.55. The summed E-state index contributed by atoms with van der Waals surface area (Å²) in [7, 11) is 0. The molecule has 1 saturated carbocycles. The lowest BCUT2D eigenvalue weighted by Crippen LogP contribution is -2.20. The molecular weight excluding hydrogens is 424 g/mol. The van der Waals surface area contributed by atoms with E-state index in [0.29, 0.717) is 29.3 Å². The van der Waals surface area contributed by atoms with Gasteiger partial charge in [0.25, 0.3) is 0 Å². The number of aromatic nitrogens is 3. The quantitative estimate of drug-likeness (QED) is 0.572. The monoisotopic (exact) mass is 450 g/mol. The fourth-order valence-electron chi connectivity index (χ4n) is 4.65. The predicted octanol–water partition coefficient (Wildman–Crippen LogP) is 3.71. The molecule has 1 aliphatic heterocycles. The molecule has 0 amide bonds. The lowest BCUT2D eigenvalue weighted by atomic mass is 9.98.